The van der Waals surface area contributed by atoms with E-state index in [0.717, 1.165) is 0 Å². The molecule has 0 fully saturated rings. The smallest absolute Gasteiger partial charge is 0.234 e. The van der Waals surface area contributed by atoms with Crippen LogP contribution in [0.2, 0.25) is 0 Å². The molecule has 0 aromatic heterocycles. The maximum atomic E-state index is 14.1. The van der Waals surface area contributed by atoms with Gasteiger partial charge in [0, 0.05) is 34.6 Å². The monoisotopic (exact) mass is 460 g/mol. The van der Waals surface area contributed by atoms with Crippen molar-refractivity contribution in [2.45, 2.75) is 10.9 Å². The summed E-state index contributed by atoms with van der Waals surface area (Å²) in [5.41, 5.74) is 11.0. The molecule has 6 nitrogen and oxygen atoms in total. The summed E-state index contributed by atoms with van der Waals surface area (Å²) >= 11 is 0. The van der Waals surface area contributed by atoms with Gasteiger partial charge in [-0.1, -0.05) is 72.8 Å². The van der Waals surface area contributed by atoms with Crippen LogP contribution in [0.1, 0.15) is 22.0 Å². The van der Waals surface area contributed by atoms with Crippen molar-refractivity contribution in [2.24, 2.45) is 0 Å². The summed E-state index contributed by atoms with van der Waals surface area (Å²) in [5, 5.41) is 0. The molecular formula is C26H24N2O4S. The lowest BCUT2D eigenvalue weighted by atomic mass is 10.2. The molecule has 0 bridgehead atoms. The zero-order chi connectivity index (χ0) is 23.3. The highest BCUT2D eigenvalue weighted by Crippen LogP contribution is 2.38. The minimum Gasteiger partial charge on any atom is -0.469 e. The van der Waals surface area contributed by atoms with E-state index in [9.17, 15) is 8.42 Å². The summed E-state index contributed by atoms with van der Waals surface area (Å²) < 4.78 is 40.3. The Balaban J connectivity index is 1.81. The van der Waals surface area contributed by atoms with Crippen molar-refractivity contribution < 1.29 is 17.9 Å². The molecule has 0 spiro atoms. The van der Waals surface area contributed by atoms with Crippen molar-refractivity contribution in [3.8, 4) is 11.5 Å². The molecule has 4 N–H and O–H groups in total. The van der Waals surface area contributed by atoms with E-state index in [0.29, 0.717) is 34.0 Å². The first-order valence-corrected chi connectivity index (χ1v) is 11.9. The summed E-state index contributed by atoms with van der Waals surface area (Å²) in [7, 11) is -4.12. The number of hydrogen-bond acceptors (Lipinski definition) is 6. The first-order chi connectivity index (χ1) is 15.9. The zero-order valence-electron chi connectivity index (χ0n) is 17.7. The number of benzene rings is 4. The third-order valence-electron chi connectivity index (χ3n) is 4.94. The van der Waals surface area contributed by atoms with Crippen molar-refractivity contribution in [3.63, 3.8) is 0 Å². The van der Waals surface area contributed by atoms with Crippen LogP contribution in [0.25, 0.3) is 0 Å². The maximum Gasteiger partial charge on any atom is 0.234 e. The quantitative estimate of drug-likeness (QED) is 0.354. The summed E-state index contributed by atoms with van der Waals surface area (Å²) in [4.78, 5) is 0. The van der Waals surface area contributed by atoms with Gasteiger partial charge in [0.2, 0.25) is 20.7 Å². The third-order valence-corrected chi connectivity index (χ3v) is 6.87. The Morgan fingerprint density at radius 3 is 1.30 bits per heavy atom. The highest BCUT2D eigenvalue weighted by Gasteiger charge is 2.40. The van der Waals surface area contributed by atoms with Crippen LogP contribution in [-0.4, -0.2) is 8.42 Å². The number of anilines is 2. The van der Waals surface area contributed by atoms with E-state index in [2.05, 4.69) is 0 Å². The van der Waals surface area contributed by atoms with Gasteiger partial charge >= 0.3 is 0 Å². The van der Waals surface area contributed by atoms with E-state index in [1.54, 1.807) is 97.1 Å². The fourth-order valence-electron chi connectivity index (χ4n) is 3.41. The van der Waals surface area contributed by atoms with Crippen molar-refractivity contribution in [3.05, 3.63) is 120 Å². The molecular weight excluding hydrogens is 436 g/mol. The van der Waals surface area contributed by atoms with Gasteiger partial charge in [0.25, 0.3) is 0 Å². The van der Waals surface area contributed by atoms with Crippen molar-refractivity contribution in [2.75, 3.05) is 11.5 Å². The van der Waals surface area contributed by atoms with Crippen LogP contribution in [-0.2, 0) is 9.84 Å². The normalized spacial score (nSPS) is 13.1. The van der Waals surface area contributed by atoms with E-state index in [1.807, 2.05) is 12.1 Å². The van der Waals surface area contributed by atoms with Crippen LogP contribution in [0.4, 0.5) is 11.4 Å². The molecule has 0 aliphatic carbocycles. The van der Waals surface area contributed by atoms with Gasteiger partial charge in [-0.2, -0.15) is 0 Å². The predicted molar refractivity (Wildman–Crippen MR) is 130 cm³/mol. The Hall–Kier alpha value is -3.97. The SMILES string of the molecule is Nc1cccc(OC(c2ccccc2)S(=O)(=O)C(Oc2cccc(N)c2)c2ccccc2)c1. The molecule has 0 amide bonds. The Labute approximate surface area is 193 Å². The Morgan fingerprint density at radius 1 is 0.545 bits per heavy atom. The number of sulfone groups is 1. The van der Waals surface area contributed by atoms with Gasteiger partial charge in [-0.3, -0.25) is 0 Å². The largest absolute Gasteiger partial charge is 0.469 e. The molecule has 168 valence electrons. The minimum atomic E-state index is -4.12. The number of nitrogens with two attached hydrogens (primary N) is 2. The van der Waals surface area contributed by atoms with E-state index >= 15 is 0 Å². The first-order valence-electron chi connectivity index (χ1n) is 10.3. The summed E-state index contributed by atoms with van der Waals surface area (Å²) in [5.74, 6) is 0.673. The van der Waals surface area contributed by atoms with Crippen LogP contribution in [0, 0.1) is 0 Å². The second-order valence-electron chi connectivity index (χ2n) is 7.45. The topological polar surface area (TPSA) is 105 Å². The molecule has 4 aromatic rings. The molecule has 7 heteroatoms. The highest BCUT2D eigenvalue weighted by molar-refractivity contribution is 7.91. The standard InChI is InChI=1S/C26H24N2O4S/c27-21-13-7-15-23(17-21)31-25(19-9-3-1-4-10-19)33(29,30)26(20-11-5-2-6-12-20)32-24-16-8-14-22(28)18-24/h1-18,25-26H,27-28H2. The van der Waals surface area contributed by atoms with E-state index in [-0.39, 0.29) is 0 Å². The lowest BCUT2D eigenvalue weighted by Crippen LogP contribution is -2.28. The Bertz CT molecular complexity index is 1220. The third kappa shape index (κ3) is 5.27. The summed E-state index contributed by atoms with van der Waals surface area (Å²) in [6, 6.07) is 30.8. The van der Waals surface area contributed by atoms with Gasteiger partial charge in [0.15, 0.2) is 0 Å². The number of ether oxygens (including phenoxy) is 2. The average Bonchev–Trinajstić information content (AvgIpc) is 2.82. The molecule has 0 aliphatic rings. The highest BCUT2D eigenvalue weighted by atomic mass is 32.2. The minimum absolute atomic E-state index is 0.336. The van der Waals surface area contributed by atoms with Crippen molar-refractivity contribution in [1.82, 2.24) is 0 Å². The molecule has 2 unspecified atom stereocenters. The molecule has 4 aromatic carbocycles. The number of hydrogen-bond donors (Lipinski definition) is 2. The first kappa shape index (κ1) is 22.2. The lowest BCUT2D eigenvalue weighted by molar-refractivity contribution is 0.242. The van der Waals surface area contributed by atoms with Crippen molar-refractivity contribution >= 4 is 21.2 Å². The van der Waals surface area contributed by atoms with E-state index in [1.165, 1.54) is 0 Å². The second kappa shape index (κ2) is 9.67. The Kier molecular flexibility index (Phi) is 6.51. The number of nitrogen functional groups attached to an aromatic ring is 2. The fourth-order valence-corrected chi connectivity index (χ4v) is 5.19. The van der Waals surface area contributed by atoms with Gasteiger partial charge in [0.1, 0.15) is 11.5 Å². The van der Waals surface area contributed by atoms with Gasteiger partial charge in [-0.25, -0.2) is 8.42 Å². The van der Waals surface area contributed by atoms with E-state index in [4.69, 9.17) is 20.9 Å². The average molecular weight is 461 g/mol. The van der Waals surface area contributed by atoms with Crippen LogP contribution in [0.5, 0.6) is 11.5 Å². The molecule has 0 radical (unpaired) electrons. The second-order valence-corrected chi connectivity index (χ2v) is 9.49. The van der Waals surface area contributed by atoms with Crippen LogP contribution in [0.3, 0.4) is 0 Å². The zero-order valence-corrected chi connectivity index (χ0v) is 18.6. The van der Waals surface area contributed by atoms with Crippen LogP contribution in [0.15, 0.2) is 109 Å². The van der Waals surface area contributed by atoms with Crippen molar-refractivity contribution in [1.29, 1.82) is 0 Å². The van der Waals surface area contributed by atoms with Crippen LogP contribution >= 0.6 is 0 Å². The van der Waals surface area contributed by atoms with Crippen LogP contribution < -0.4 is 20.9 Å². The lowest BCUT2D eigenvalue weighted by Gasteiger charge is -2.26. The molecule has 0 saturated carbocycles. The number of rotatable bonds is 8. The molecule has 0 saturated heterocycles. The Morgan fingerprint density at radius 2 is 0.939 bits per heavy atom. The predicted octanol–water partition coefficient (Wildman–Crippen LogP) is 5.12. The van der Waals surface area contributed by atoms with Gasteiger partial charge in [0.05, 0.1) is 0 Å². The van der Waals surface area contributed by atoms with Gasteiger partial charge < -0.3 is 20.9 Å². The molecule has 0 aliphatic heterocycles. The fraction of sp³-hybridized carbons (Fsp3) is 0.0769. The molecule has 2 atom stereocenters. The van der Waals surface area contributed by atoms with Gasteiger partial charge in [-0.05, 0) is 24.3 Å². The molecule has 4 rings (SSSR count). The molecule has 0 heterocycles. The molecule has 33 heavy (non-hydrogen) atoms. The maximum absolute atomic E-state index is 14.1. The van der Waals surface area contributed by atoms with Gasteiger partial charge in [-0.15, -0.1) is 0 Å². The van der Waals surface area contributed by atoms with E-state index < -0.39 is 20.7 Å². The summed E-state index contributed by atoms with van der Waals surface area (Å²) in [6.45, 7) is 0. The summed E-state index contributed by atoms with van der Waals surface area (Å²) in [6.07, 6.45) is 0.